The third-order valence-electron chi connectivity index (χ3n) is 2.16. The van der Waals surface area contributed by atoms with Crippen molar-refractivity contribution in [2.24, 2.45) is 5.73 Å². The van der Waals surface area contributed by atoms with Crippen LogP contribution in [0.1, 0.15) is 18.5 Å². The maximum absolute atomic E-state index is 13.5. The van der Waals surface area contributed by atoms with Crippen LogP contribution in [0.15, 0.2) is 18.2 Å². The smallest absolute Gasteiger partial charge is 0.342 e. The molecular formula is C11H13Cl2F2NO2. The maximum Gasteiger partial charge on any atom is 0.342 e. The van der Waals surface area contributed by atoms with Crippen LogP contribution in [0.4, 0.5) is 8.78 Å². The van der Waals surface area contributed by atoms with Crippen molar-refractivity contribution in [2.45, 2.75) is 19.1 Å². The molecule has 0 aliphatic rings. The molecule has 1 rings (SSSR count). The number of rotatable bonds is 4. The van der Waals surface area contributed by atoms with E-state index in [9.17, 15) is 13.6 Å². The normalized spacial score (nSPS) is 13.4. The zero-order valence-electron chi connectivity index (χ0n) is 9.53. The van der Waals surface area contributed by atoms with Gasteiger partial charge in [0.1, 0.15) is 5.82 Å². The Hall–Kier alpha value is -0.910. The van der Waals surface area contributed by atoms with Gasteiger partial charge in [0, 0.05) is 0 Å². The number of alkyl halides is 1. The van der Waals surface area contributed by atoms with E-state index in [0.717, 1.165) is 6.07 Å². The Labute approximate surface area is 115 Å². The van der Waals surface area contributed by atoms with Crippen molar-refractivity contribution in [1.29, 1.82) is 0 Å². The summed E-state index contributed by atoms with van der Waals surface area (Å²) in [5, 5.41) is -0.0903. The molecule has 0 aliphatic carbocycles. The van der Waals surface area contributed by atoms with Crippen LogP contribution in [0.2, 0.25) is 5.02 Å². The van der Waals surface area contributed by atoms with Gasteiger partial charge in [-0.05, 0) is 24.6 Å². The molecule has 0 saturated heterocycles. The van der Waals surface area contributed by atoms with Crippen molar-refractivity contribution in [3.05, 3.63) is 34.6 Å². The van der Waals surface area contributed by atoms with Crippen molar-refractivity contribution in [3.8, 4) is 0 Å². The molecule has 1 aromatic carbocycles. The zero-order valence-corrected chi connectivity index (χ0v) is 11.1. The Balaban J connectivity index is 0.00000289. The first-order chi connectivity index (χ1) is 7.97. The summed E-state index contributed by atoms with van der Waals surface area (Å²) in [7, 11) is 0. The molecule has 0 saturated carbocycles. The van der Waals surface area contributed by atoms with E-state index in [1.165, 1.54) is 12.1 Å². The van der Waals surface area contributed by atoms with Crippen LogP contribution in [-0.4, -0.2) is 18.7 Å². The lowest BCUT2D eigenvalue weighted by atomic mass is 10.0. The lowest BCUT2D eigenvalue weighted by molar-refractivity contribution is -0.149. The second-order valence-electron chi connectivity index (χ2n) is 3.35. The molecule has 102 valence electrons. The number of benzene rings is 1. The highest BCUT2D eigenvalue weighted by Gasteiger charge is 2.28. The summed E-state index contributed by atoms with van der Waals surface area (Å²) in [5.74, 6) is -1.77. The molecule has 0 aromatic heterocycles. The molecule has 0 amide bonds. The molecular weight excluding hydrogens is 287 g/mol. The van der Waals surface area contributed by atoms with Gasteiger partial charge in [0.2, 0.25) is 6.17 Å². The lowest BCUT2D eigenvalue weighted by Crippen LogP contribution is -2.31. The Bertz CT molecular complexity index is 418. The number of carbonyl (C=O) groups is 1. The summed E-state index contributed by atoms with van der Waals surface area (Å²) < 4.78 is 31.2. The highest BCUT2D eigenvalue weighted by Crippen LogP contribution is 2.22. The standard InChI is InChI=1S/C11H12ClF2NO2.ClH/c1-2-17-11(16)9(14)10(15)6-3-4-7(12)8(13)5-6;/h3-5,9-10H,2,15H2,1H3;1H/t9?,10-;/m0./s1. The summed E-state index contributed by atoms with van der Waals surface area (Å²) in [5.41, 5.74) is 5.65. The third-order valence-corrected chi connectivity index (χ3v) is 2.46. The topological polar surface area (TPSA) is 52.3 Å². The average Bonchev–Trinajstić information content (AvgIpc) is 2.31. The van der Waals surface area contributed by atoms with Gasteiger partial charge in [-0.1, -0.05) is 17.7 Å². The molecule has 0 bridgehead atoms. The van der Waals surface area contributed by atoms with Gasteiger partial charge in [0.25, 0.3) is 0 Å². The Morgan fingerprint density at radius 2 is 2.17 bits per heavy atom. The van der Waals surface area contributed by atoms with Gasteiger partial charge in [0.05, 0.1) is 17.7 Å². The Morgan fingerprint density at radius 3 is 2.67 bits per heavy atom. The number of carbonyl (C=O) groups excluding carboxylic acids is 1. The van der Waals surface area contributed by atoms with Gasteiger partial charge < -0.3 is 10.5 Å². The van der Waals surface area contributed by atoms with Gasteiger partial charge >= 0.3 is 5.97 Å². The summed E-state index contributed by atoms with van der Waals surface area (Å²) >= 11 is 5.48. The van der Waals surface area contributed by atoms with E-state index in [1.807, 2.05) is 0 Å². The third kappa shape index (κ3) is 4.08. The second kappa shape index (κ2) is 7.51. The quantitative estimate of drug-likeness (QED) is 0.870. The highest BCUT2D eigenvalue weighted by molar-refractivity contribution is 6.30. The molecule has 7 heteroatoms. The van der Waals surface area contributed by atoms with E-state index < -0.39 is 24.0 Å². The molecule has 2 N–H and O–H groups in total. The molecule has 0 radical (unpaired) electrons. The predicted molar refractivity (Wildman–Crippen MR) is 67.1 cm³/mol. The lowest BCUT2D eigenvalue weighted by Gasteiger charge is -2.16. The van der Waals surface area contributed by atoms with Crippen LogP contribution in [-0.2, 0) is 9.53 Å². The van der Waals surface area contributed by atoms with Crippen molar-refractivity contribution in [2.75, 3.05) is 6.61 Å². The van der Waals surface area contributed by atoms with Crippen LogP contribution in [0, 0.1) is 5.82 Å². The average molecular weight is 300 g/mol. The van der Waals surface area contributed by atoms with Crippen LogP contribution >= 0.6 is 24.0 Å². The molecule has 3 nitrogen and oxygen atoms in total. The van der Waals surface area contributed by atoms with Crippen LogP contribution in [0.3, 0.4) is 0 Å². The Morgan fingerprint density at radius 1 is 1.56 bits per heavy atom. The fourth-order valence-electron chi connectivity index (χ4n) is 1.26. The summed E-state index contributed by atoms with van der Waals surface area (Å²) in [6, 6.07) is 2.34. The first-order valence-corrected chi connectivity index (χ1v) is 5.36. The van der Waals surface area contributed by atoms with Crippen molar-refractivity contribution >= 4 is 30.0 Å². The number of halogens is 4. The van der Waals surface area contributed by atoms with E-state index in [1.54, 1.807) is 6.92 Å². The number of ether oxygens (including phenoxy) is 1. The Kier molecular flexibility index (Phi) is 7.13. The minimum absolute atomic E-state index is 0. The first-order valence-electron chi connectivity index (χ1n) is 4.98. The summed E-state index contributed by atoms with van der Waals surface area (Å²) in [4.78, 5) is 11.1. The van der Waals surface area contributed by atoms with E-state index >= 15 is 0 Å². The predicted octanol–water partition coefficient (Wildman–Crippen LogP) is 2.80. The fourth-order valence-corrected chi connectivity index (χ4v) is 1.37. The number of nitrogens with two attached hydrogens (primary N) is 1. The molecule has 0 fully saturated rings. The molecule has 2 atom stereocenters. The molecule has 18 heavy (non-hydrogen) atoms. The van der Waals surface area contributed by atoms with E-state index in [4.69, 9.17) is 17.3 Å². The maximum atomic E-state index is 13.5. The van der Waals surface area contributed by atoms with E-state index in [-0.39, 0.29) is 29.6 Å². The second-order valence-corrected chi connectivity index (χ2v) is 3.76. The molecule has 0 spiro atoms. The number of hydrogen-bond donors (Lipinski definition) is 1. The van der Waals surface area contributed by atoms with E-state index in [2.05, 4.69) is 4.74 Å². The molecule has 0 heterocycles. The van der Waals surface area contributed by atoms with Crippen LogP contribution < -0.4 is 5.73 Å². The van der Waals surface area contributed by atoms with Gasteiger partial charge in [-0.2, -0.15) is 0 Å². The minimum Gasteiger partial charge on any atom is -0.464 e. The van der Waals surface area contributed by atoms with Crippen LogP contribution in [0.5, 0.6) is 0 Å². The first kappa shape index (κ1) is 17.1. The monoisotopic (exact) mass is 299 g/mol. The van der Waals surface area contributed by atoms with Gasteiger partial charge in [0.15, 0.2) is 0 Å². The van der Waals surface area contributed by atoms with Crippen molar-refractivity contribution < 1.29 is 18.3 Å². The van der Waals surface area contributed by atoms with Crippen molar-refractivity contribution in [3.63, 3.8) is 0 Å². The zero-order chi connectivity index (χ0) is 13.0. The minimum atomic E-state index is -2.03. The fraction of sp³-hybridized carbons (Fsp3) is 0.364. The number of hydrogen-bond acceptors (Lipinski definition) is 3. The molecule has 1 aromatic rings. The van der Waals surface area contributed by atoms with Gasteiger partial charge in [-0.25, -0.2) is 13.6 Å². The van der Waals surface area contributed by atoms with E-state index in [0.29, 0.717) is 0 Å². The number of esters is 1. The summed E-state index contributed by atoms with van der Waals surface area (Å²) in [6.45, 7) is 1.61. The van der Waals surface area contributed by atoms with Crippen molar-refractivity contribution in [1.82, 2.24) is 0 Å². The van der Waals surface area contributed by atoms with Gasteiger partial charge in [-0.15, -0.1) is 12.4 Å². The van der Waals surface area contributed by atoms with Crippen LogP contribution in [0.25, 0.3) is 0 Å². The highest BCUT2D eigenvalue weighted by atomic mass is 35.5. The summed E-state index contributed by atoms with van der Waals surface area (Å²) in [6.07, 6.45) is -2.03. The largest absolute Gasteiger partial charge is 0.464 e. The molecule has 0 aliphatic heterocycles. The SMILES string of the molecule is CCOC(=O)C(F)[C@@H](N)c1ccc(Cl)c(F)c1.Cl. The molecule has 1 unspecified atom stereocenters. The van der Waals surface area contributed by atoms with Gasteiger partial charge in [-0.3, -0.25) is 0 Å².